The fraction of sp³-hybridized carbons (Fsp3) is 0.364. The van der Waals surface area contributed by atoms with Gasteiger partial charge in [-0.05, 0) is 43.5 Å². The van der Waals surface area contributed by atoms with E-state index in [1.54, 1.807) is 32.4 Å². The van der Waals surface area contributed by atoms with Crippen molar-refractivity contribution >= 4 is 35.8 Å². The molecule has 6 nitrogen and oxygen atoms in total. The molecule has 0 aliphatic carbocycles. The zero-order chi connectivity index (χ0) is 20.2. The van der Waals surface area contributed by atoms with Crippen LogP contribution in [0.25, 0.3) is 0 Å². The van der Waals surface area contributed by atoms with E-state index in [1.807, 2.05) is 12.1 Å². The summed E-state index contributed by atoms with van der Waals surface area (Å²) in [4.78, 5) is 16.4. The molecule has 1 unspecified atom stereocenters. The fourth-order valence-electron chi connectivity index (χ4n) is 2.75. The van der Waals surface area contributed by atoms with Gasteiger partial charge < -0.3 is 20.7 Å². The lowest BCUT2D eigenvalue weighted by Gasteiger charge is -2.18. The summed E-state index contributed by atoms with van der Waals surface area (Å²) in [5.41, 5.74) is 1.91. The lowest BCUT2D eigenvalue weighted by Crippen LogP contribution is -2.45. The number of ether oxygens (including phenoxy) is 1. The average molecular weight is 510 g/mol. The maximum Gasteiger partial charge on any atom is 0.251 e. The number of hydrogen-bond donors (Lipinski definition) is 3. The standard InChI is InChI=1S/C22H30N4O2.HI/c1-17(12-13-18-8-5-4-6-9-18)26-22(23-2)25-15-14-24-21(27)19-10-7-11-20(16-19)28-3;/h4-11,16-17H,12-15H2,1-3H3,(H,24,27)(H2,23,25,26);1H. The van der Waals surface area contributed by atoms with Gasteiger partial charge in [-0.15, -0.1) is 24.0 Å². The van der Waals surface area contributed by atoms with Gasteiger partial charge in [-0.25, -0.2) is 0 Å². The molecule has 1 amide bonds. The Bertz CT molecular complexity index is 768. The Morgan fingerprint density at radius 1 is 1.07 bits per heavy atom. The summed E-state index contributed by atoms with van der Waals surface area (Å²) >= 11 is 0. The molecule has 3 N–H and O–H groups in total. The molecule has 2 rings (SSSR count). The molecule has 1 atom stereocenters. The number of aliphatic imine (C=N–C) groups is 1. The van der Waals surface area contributed by atoms with Crippen molar-refractivity contribution in [1.29, 1.82) is 0 Å². The number of halogens is 1. The summed E-state index contributed by atoms with van der Waals surface area (Å²) < 4.78 is 5.15. The van der Waals surface area contributed by atoms with Crippen molar-refractivity contribution in [1.82, 2.24) is 16.0 Å². The summed E-state index contributed by atoms with van der Waals surface area (Å²) in [6, 6.07) is 17.8. The molecule has 0 bridgehead atoms. The summed E-state index contributed by atoms with van der Waals surface area (Å²) in [6.07, 6.45) is 2.03. The number of hydrogen-bond acceptors (Lipinski definition) is 3. The highest BCUT2D eigenvalue weighted by Crippen LogP contribution is 2.12. The highest BCUT2D eigenvalue weighted by molar-refractivity contribution is 14.0. The van der Waals surface area contributed by atoms with Gasteiger partial charge in [-0.3, -0.25) is 9.79 Å². The van der Waals surface area contributed by atoms with Crippen LogP contribution in [0.3, 0.4) is 0 Å². The van der Waals surface area contributed by atoms with Crippen LogP contribution in [0.15, 0.2) is 59.6 Å². The Labute approximate surface area is 190 Å². The van der Waals surface area contributed by atoms with E-state index < -0.39 is 0 Å². The first kappa shape index (κ1) is 24.7. The van der Waals surface area contributed by atoms with Crippen molar-refractivity contribution in [3.8, 4) is 5.75 Å². The number of rotatable bonds is 9. The molecule has 158 valence electrons. The second kappa shape index (κ2) is 13.8. The average Bonchev–Trinajstić information content (AvgIpc) is 2.75. The zero-order valence-corrected chi connectivity index (χ0v) is 19.6. The number of nitrogens with zero attached hydrogens (tertiary/aromatic N) is 1. The number of amides is 1. The molecular weight excluding hydrogens is 479 g/mol. The topological polar surface area (TPSA) is 74.8 Å². The molecule has 29 heavy (non-hydrogen) atoms. The predicted octanol–water partition coefficient (Wildman–Crippen LogP) is 3.23. The third-order valence-electron chi connectivity index (χ3n) is 4.35. The summed E-state index contributed by atoms with van der Waals surface area (Å²) in [5.74, 6) is 1.27. The first-order chi connectivity index (χ1) is 13.6. The maximum atomic E-state index is 12.2. The van der Waals surface area contributed by atoms with Gasteiger partial charge in [0.1, 0.15) is 5.75 Å². The summed E-state index contributed by atoms with van der Waals surface area (Å²) in [7, 11) is 3.33. The van der Waals surface area contributed by atoms with Gasteiger partial charge >= 0.3 is 0 Å². The molecule has 0 saturated heterocycles. The largest absolute Gasteiger partial charge is 0.497 e. The van der Waals surface area contributed by atoms with Crippen LogP contribution in [0.1, 0.15) is 29.3 Å². The first-order valence-corrected chi connectivity index (χ1v) is 9.55. The fourth-order valence-corrected chi connectivity index (χ4v) is 2.75. The predicted molar refractivity (Wildman–Crippen MR) is 129 cm³/mol. The summed E-state index contributed by atoms with van der Waals surface area (Å²) in [6.45, 7) is 3.22. The maximum absolute atomic E-state index is 12.2. The molecule has 2 aromatic rings. The van der Waals surface area contributed by atoms with E-state index in [0.717, 1.165) is 18.8 Å². The highest BCUT2D eigenvalue weighted by atomic mass is 127. The minimum atomic E-state index is -0.125. The SMILES string of the molecule is CN=C(NCCNC(=O)c1cccc(OC)c1)NC(C)CCc1ccccc1.I. The quantitative estimate of drug-likeness (QED) is 0.210. The molecule has 0 radical (unpaired) electrons. The number of aryl methyl sites for hydroxylation is 1. The molecule has 0 aliphatic rings. The molecule has 2 aromatic carbocycles. The minimum absolute atomic E-state index is 0. The first-order valence-electron chi connectivity index (χ1n) is 9.55. The van der Waals surface area contributed by atoms with E-state index in [2.05, 4.69) is 52.1 Å². The Morgan fingerprint density at radius 2 is 1.79 bits per heavy atom. The van der Waals surface area contributed by atoms with Crippen molar-refractivity contribution < 1.29 is 9.53 Å². The van der Waals surface area contributed by atoms with Gasteiger partial charge in [0, 0.05) is 31.7 Å². The molecule has 0 aromatic heterocycles. The number of carbonyl (C=O) groups excluding carboxylic acids is 1. The second-order valence-corrected chi connectivity index (χ2v) is 6.56. The van der Waals surface area contributed by atoms with Crippen molar-refractivity contribution in [2.24, 2.45) is 4.99 Å². The zero-order valence-electron chi connectivity index (χ0n) is 17.3. The van der Waals surface area contributed by atoms with Crippen LogP contribution >= 0.6 is 24.0 Å². The molecule has 0 saturated carbocycles. The Hall–Kier alpha value is -2.29. The van der Waals surface area contributed by atoms with E-state index in [0.29, 0.717) is 24.4 Å². The monoisotopic (exact) mass is 510 g/mol. The third kappa shape index (κ3) is 9.17. The van der Waals surface area contributed by atoms with Crippen LogP contribution in [0.5, 0.6) is 5.75 Å². The molecule has 0 spiro atoms. The van der Waals surface area contributed by atoms with E-state index in [9.17, 15) is 4.79 Å². The van der Waals surface area contributed by atoms with Gasteiger partial charge in [0.15, 0.2) is 5.96 Å². The van der Waals surface area contributed by atoms with Gasteiger partial charge in [0.2, 0.25) is 0 Å². The van der Waals surface area contributed by atoms with E-state index >= 15 is 0 Å². The number of carbonyl (C=O) groups is 1. The van der Waals surface area contributed by atoms with Crippen LogP contribution in [0.2, 0.25) is 0 Å². The van der Waals surface area contributed by atoms with Crippen molar-refractivity contribution in [2.45, 2.75) is 25.8 Å². The Kier molecular flexibility index (Phi) is 11.8. The van der Waals surface area contributed by atoms with Crippen molar-refractivity contribution in [3.63, 3.8) is 0 Å². The second-order valence-electron chi connectivity index (χ2n) is 6.56. The Balaban J connectivity index is 0.00000420. The summed E-state index contributed by atoms with van der Waals surface area (Å²) in [5, 5.41) is 9.50. The molecule has 0 heterocycles. The van der Waals surface area contributed by atoms with E-state index in [-0.39, 0.29) is 35.9 Å². The van der Waals surface area contributed by atoms with Crippen molar-refractivity contribution in [2.75, 3.05) is 27.2 Å². The molecule has 0 fully saturated rings. The van der Waals surface area contributed by atoms with Crippen LogP contribution in [-0.4, -0.2) is 45.2 Å². The number of guanidine groups is 1. The smallest absolute Gasteiger partial charge is 0.251 e. The number of benzene rings is 2. The van der Waals surface area contributed by atoms with Crippen LogP contribution in [0.4, 0.5) is 0 Å². The minimum Gasteiger partial charge on any atom is -0.497 e. The van der Waals surface area contributed by atoms with Crippen LogP contribution in [-0.2, 0) is 6.42 Å². The third-order valence-corrected chi connectivity index (χ3v) is 4.35. The molecule has 0 aliphatic heterocycles. The van der Waals surface area contributed by atoms with Gasteiger partial charge in [0.25, 0.3) is 5.91 Å². The van der Waals surface area contributed by atoms with E-state index in [1.165, 1.54) is 5.56 Å². The number of methoxy groups -OCH3 is 1. The lowest BCUT2D eigenvalue weighted by molar-refractivity contribution is 0.0954. The van der Waals surface area contributed by atoms with Crippen LogP contribution in [0, 0.1) is 0 Å². The van der Waals surface area contributed by atoms with E-state index in [4.69, 9.17) is 4.74 Å². The number of nitrogens with one attached hydrogen (secondary N) is 3. The molecular formula is C22H31IN4O2. The van der Waals surface area contributed by atoms with Gasteiger partial charge in [-0.2, -0.15) is 0 Å². The Morgan fingerprint density at radius 3 is 2.48 bits per heavy atom. The van der Waals surface area contributed by atoms with Crippen molar-refractivity contribution in [3.05, 3.63) is 65.7 Å². The van der Waals surface area contributed by atoms with Crippen LogP contribution < -0.4 is 20.7 Å². The van der Waals surface area contributed by atoms with Gasteiger partial charge in [0.05, 0.1) is 7.11 Å². The van der Waals surface area contributed by atoms with Gasteiger partial charge in [-0.1, -0.05) is 36.4 Å². The highest BCUT2D eigenvalue weighted by Gasteiger charge is 2.07. The molecule has 7 heteroatoms. The lowest BCUT2D eigenvalue weighted by atomic mass is 10.1. The normalized spacial score (nSPS) is 11.8.